The van der Waals surface area contributed by atoms with Crippen molar-refractivity contribution in [2.45, 2.75) is 26.2 Å². The van der Waals surface area contributed by atoms with Gasteiger partial charge in [-0.1, -0.05) is 0 Å². The van der Waals surface area contributed by atoms with E-state index in [0.29, 0.717) is 0 Å². The Bertz CT molecular complexity index is 317. The molecule has 0 aliphatic heterocycles. The monoisotopic (exact) mass is 268 g/mol. The first kappa shape index (κ1) is 12.2. The summed E-state index contributed by atoms with van der Waals surface area (Å²) in [6.07, 6.45) is 7.11. The normalized spacial score (nSPS) is 10.7. The first-order chi connectivity index (χ1) is 7.33. The van der Waals surface area contributed by atoms with E-state index in [4.69, 9.17) is 0 Å². The van der Waals surface area contributed by atoms with Crippen LogP contribution >= 0.6 is 0 Å². The Morgan fingerprint density at radius 2 is 2.07 bits per heavy atom. The van der Waals surface area contributed by atoms with Gasteiger partial charge in [0.05, 0.1) is 0 Å². The van der Waals surface area contributed by atoms with Crippen molar-refractivity contribution in [3.63, 3.8) is 0 Å². The molecule has 0 saturated carbocycles. The molecule has 0 atom stereocenters. The number of benzene rings is 1. The molecule has 1 nitrogen and oxygen atoms in total. The van der Waals surface area contributed by atoms with Crippen LogP contribution in [0.4, 0.5) is 0 Å². The van der Waals surface area contributed by atoms with Gasteiger partial charge in [0.1, 0.15) is 0 Å². The SMILES string of the molecule is CCCC/C=C/C(=O)[Se]c1ccccc1. The van der Waals surface area contributed by atoms with E-state index in [1.807, 2.05) is 36.4 Å². The van der Waals surface area contributed by atoms with Gasteiger partial charge in [-0.2, -0.15) is 0 Å². The van der Waals surface area contributed by atoms with E-state index >= 15 is 0 Å². The van der Waals surface area contributed by atoms with Crippen molar-refractivity contribution in [1.29, 1.82) is 0 Å². The van der Waals surface area contributed by atoms with E-state index in [1.54, 1.807) is 6.08 Å². The van der Waals surface area contributed by atoms with Crippen molar-refractivity contribution in [3.05, 3.63) is 42.5 Å². The molecule has 1 aromatic rings. The molecule has 0 bridgehead atoms. The fourth-order valence-corrected chi connectivity index (χ4v) is 2.59. The van der Waals surface area contributed by atoms with Crippen molar-refractivity contribution in [2.75, 3.05) is 0 Å². The summed E-state index contributed by atoms with van der Waals surface area (Å²) in [5.41, 5.74) is 0. The number of carbonyl (C=O) groups excluding carboxylic acids is 1. The zero-order valence-corrected chi connectivity index (χ0v) is 10.7. The number of carbonyl (C=O) groups is 1. The summed E-state index contributed by atoms with van der Waals surface area (Å²) in [5, 5.41) is 0. The molecule has 2 heteroatoms. The Balaban J connectivity index is 2.33. The van der Waals surface area contributed by atoms with Gasteiger partial charge in [-0.3, -0.25) is 0 Å². The Morgan fingerprint density at radius 3 is 2.73 bits per heavy atom. The molecule has 1 aromatic carbocycles. The molecule has 0 radical (unpaired) electrons. The predicted molar refractivity (Wildman–Crippen MR) is 65.5 cm³/mol. The van der Waals surface area contributed by atoms with E-state index in [1.165, 1.54) is 12.8 Å². The van der Waals surface area contributed by atoms with Crippen LogP contribution in [0.1, 0.15) is 26.2 Å². The third kappa shape index (κ3) is 5.56. The maximum absolute atomic E-state index is 11.5. The summed E-state index contributed by atoms with van der Waals surface area (Å²) in [6.45, 7) is 2.16. The van der Waals surface area contributed by atoms with E-state index in [0.717, 1.165) is 10.9 Å². The van der Waals surface area contributed by atoms with Gasteiger partial charge in [0, 0.05) is 0 Å². The molecule has 0 heterocycles. The quantitative estimate of drug-likeness (QED) is 0.439. The summed E-state index contributed by atoms with van der Waals surface area (Å²) in [6, 6.07) is 9.95. The van der Waals surface area contributed by atoms with Gasteiger partial charge in [0.15, 0.2) is 0 Å². The van der Waals surface area contributed by atoms with Gasteiger partial charge >= 0.3 is 97.6 Å². The Labute approximate surface area is 97.7 Å². The summed E-state index contributed by atoms with van der Waals surface area (Å²) in [7, 11) is 0. The third-order valence-electron chi connectivity index (χ3n) is 1.94. The molecular formula is C13H16OSe. The standard InChI is InChI=1S/C13H16OSe/c1-2-3-4-8-11-13(14)15-12-9-6-5-7-10-12/h5-11H,2-4H2,1H3/b11-8+. The van der Waals surface area contributed by atoms with Gasteiger partial charge < -0.3 is 0 Å². The van der Waals surface area contributed by atoms with Crippen LogP contribution in [0.2, 0.25) is 0 Å². The van der Waals surface area contributed by atoms with E-state index in [-0.39, 0.29) is 19.6 Å². The van der Waals surface area contributed by atoms with Crippen LogP contribution < -0.4 is 4.46 Å². The number of rotatable bonds is 6. The third-order valence-corrected chi connectivity index (χ3v) is 3.71. The van der Waals surface area contributed by atoms with Crippen LogP contribution in [-0.2, 0) is 4.79 Å². The van der Waals surface area contributed by atoms with Gasteiger partial charge in [0.25, 0.3) is 0 Å². The molecule has 15 heavy (non-hydrogen) atoms. The molecular weight excluding hydrogens is 251 g/mol. The number of hydrogen-bond donors (Lipinski definition) is 0. The van der Waals surface area contributed by atoms with Crippen molar-refractivity contribution >= 4 is 24.1 Å². The van der Waals surface area contributed by atoms with E-state index < -0.39 is 0 Å². The summed E-state index contributed by atoms with van der Waals surface area (Å²) in [5.74, 6) is 0. The molecule has 0 N–H and O–H groups in total. The van der Waals surface area contributed by atoms with Gasteiger partial charge in [0.2, 0.25) is 0 Å². The minimum atomic E-state index is -0.0516. The Hall–Kier alpha value is -0.851. The van der Waals surface area contributed by atoms with Crippen molar-refractivity contribution in [1.82, 2.24) is 0 Å². The van der Waals surface area contributed by atoms with Crippen LogP contribution in [0.15, 0.2) is 42.5 Å². The zero-order chi connectivity index (χ0) is 10.9. The number of allylic oxidation sites excluding steroid dienone is 2. The second-order valence-corrected chi connectivity index (χ2v) is 5.54. The van der Waals surface area contributed by atoms with Crippen LogP contribution in [0.3, 0.4) is 0 Å². The molecule has 0 aliphatic carbocycles. The van der Waals surface area contributed by atoms with Gasteiger partial charge in [-0.25, -0.2) is 0 Å². The number of hydrogen-bond acceptors (Lipinski definition) is 1. The van der Waals surface area contributed by atoms with Crippen LogP contribution in [0, 0.1) is 0 Å². The predicted octanol–water partition coefficient (Wildman–Crippen LogP) is 2.29. The van der Waals surface area contributed by atoms with Crippen molar-refractivity contribution < 1.29 is 4.79 Å². The van der Waals surface area contributed by atoms with E-state index in [2.05, 4.69) is 6.92 Å². The van der Waals surface area contributed by atoms with Crippen molar-refractivity contribution in [3.8, 4) is 0 Å². The van der Waals surface area contributed by atoms with Crippen LogP contribution in [-0.4, -0.2) is 19.6 Å². The molecule has 0 saturated heterocycles. The minimum absolute atomic E-state index is 0.0516. The summed E-state index contributed by atoms with van der Waals surface area (Å²) in [4.78, 5) is 11.5. The topological polar surface area (TPSA) is 17.1 Å². The second kappa shape index (κ2) is 7.44. The Kier molecular flexibility index (Phi) is 6.06. The van der Waals surface area contributed by atoms with Gasteiger partial charge in [-0.15, -0.1) is 0 Å². The average molecular weight is 267 g/mol. The Morgan fingerprint density at radius 1 is 1.33 bits per heavy atom. The zero-order valence-electron chi connectivity index (χ0n) is 8.98. The molecule has 1 rings (SSSR count). The molecule has 0 aromatic heterocycles. The molecule has 0 unspecified atom stereocenters. The summed E-state index contributed by atoms with van der Waals surface area (Å²) < 4.78 is 1.40. The van der Waals surface area contributed by atoms with Crippen LogP contribution in [0.25, 0.3) is 0 Å². The average Bonchev–Trinajstić information content (AvgIpc) is 2.26. The first-order valence-corrected chi connectivity index (χ1v) is 6.97. The van der Waals surface area contributed by atoms with E-state index in [9.17, 15) is 4.79 Å². The maximum atomic E-state index is 11.5. The fourth-order valence-electron chi connectivity index (χ4n) is 1.14. The number of unbranched alkanes of at least 4 members (excludes halogenated alkanes) is 2. The van der Waals surface area contributed by atoms with Crippen molar-refractivity contribution in [2.24, 2.45) is 0 Å². The van der Waals surface area contributed by atoms with Gasteiger partial charge in [-0.05, 0) is 0 Å². The molecule has 80 valence electrons. The first-order valence-electron chi connectivity index (χ1n) is 5.26. The summed E-state index contributed by atoms with van der Waals surface area (Å²) >= 11 is -0.0516. The fraction of sp³-hybridized carbons (Fsp3) is 0.308. The second-order valence-electron chi connectivity index (χ2n) is 3.28. The molecule has 0 spiro atoms. The molecule has 0 amide bonds. The molecule has 0 fully saturated rings. The van der Waals surface area contributed by atoms with Crippen LogP contribution in [0.5, 0.6) is 0 Å². The molecule has 0 aliphatic rings.